The lowest BCUT2D eigenvalue weighted by Gasteiger charge is -2.24. The number of amides is 1. The van der Waals surface area contributed by atoms with Crippen LogP contribution in [-0.4, -0.2) is 24.5 Å². The Bertz CT molecular complexity index is 1040. The fraction of sp³-hybridized carbons (Fsp3) is 0.308. The second-order valence-electron chi connectivity index (χ2n) is 8.24. The van der Waals surface area contributed by atoms with Gasteiger partial charge in [0.15, 0.2) is 0 Å². The summed E-state index contributed by atoms with van der Waals surface area (Å²) in [5.74, 6) is 0.521. The summed E-state index contributed by atoms with van der Waals surface area (Å²) in [7, 11) is 0. The van der Waals surface area contributed by atoms with Crippen molar-refractivity contribution in [3.63, 3.8) is 0 Å². The summed E-state index contributed by atoms with van der Waals surface area (Å²) >= 11 is 0. The van der Waals surface area contributed by atoms with Crippen LogP contribution in [-0.2, 0) is 11.2 Å². The van der Waals surface area contributed by atoms with Gasteiger partial charge >= 0.3 is 0 Å². The van der Waals surface area contributed by atoms with Crippen molar-refractivity contribution in [3.05, 3.63) is 71.4 Å². The van der Waals surface area contributed by atoms with Crippen LogP contribution >= 0.6 is 0 Å². The molecule has 160 valence electrons. The summed E-state index contributed by atoms with van der Waals surface area (Å²) in [6.07, 6.45) is 7.11. The van der Waals surface area contributed by atoms with E-state index in [1.54, 1.807) is 0 Å². The number of carbonyl (C=O) groups is 1. The highest BCUT2D eigenvalue weighted by Gasteiger charge is 2.15. The molecule has 4 N–H and O–H groups in total. The van der Waals surface area contributed by atoms with Crippen molar-refractivity contribution in [1.29, 1.82) is 0 Å². The van der Waals surface area contributed by atoms with Crippen LogP contribution in [0.3, 0.4) is 0 Å². The molecule has 0 saturated carbocycles. The minimum atomic E-state index is 0.461. The quantitative estimate of drug-likeness (QED) is 0.395. The monoisotopic (exact) mass is 414 g/mol. The van der Waals surface area contributed by atoms with Crippen molar-refractivity contribution in [1.82, 2.24) is 15.6 Å². The molecule has 0 bridgehead atoms. The van der Waals surface area contributed by atoms with E-state index in [1.807, 2.05) is 6.20 Å². The van der Waals surface area contributed by atoms with E-state index >= 15 is 0 Å². The number of hydrogen-bond donors (Lipinski definition) is 3. The Kier molecular flexibility index (Phi) is 6.63. The summed E-state index contributed by atoms with van der Waals surface area (Å²) in [6, 6.07) is 17.7. The number of nitrogens with two attached hydrogens (primary N) is 1. The molecule has 4 rings (SSSR count). The standard InChI is InChI=1S/C26H30N4O/c1-18-5-6-22(14-21(18)11-13-28-17-31)24-15-23(16-30-26(24)27)19-7-9-20(10-8-19)25-4-2-3-12-29-25/h5-10,14-17,25,29H,2-4,11-13H2,1H3,(H2,27,30)(H,28,31). The van der Waals surface area contributed by atoms with E-state index in [-0.39, 0.29) is 0 Å². The number of nitrogens with zero attached hydrogens (tertiary/aromatic N) is 1. The van der Waals surface area contributed by atoms with Crippen LogP contribution in [0.5, 0.6) is 0 Å². The molecule has 3 aromatic rings. The summed E-state index contributed by atoms with van der Waals surface area (Å²) in [5, 5.41) is 6.34. The molecule has 1 unspecified atom stereocenters. The normalized spacial score (nSPS) is 16.1. The molecule has 1 amide bonds. The zero-order valence-electron chi connectivity index (χ0n) is 18.0. The number of nitrogen functional groups attached to an aromatic ring is 1. The van der Waals surface area contributed by atoms with Crippen molar-refractivity contribution in [2.24, 2.45) is 0 Å². The molecule has 0 aliphatic carbocycles. The summed E-state index contributed by atoms with van der Waals surface area (Å²) < 4.78 is 0. The number of carbonyl (C=O) groups excluding carboxylic acids is 1. The van der Waals surface area contributed by atoms with E-state index in [0.29, 0.717) is 18.4 Å². The molecule has 1 aliphatic heterocycles. The molecule has 1 saturated heterocycles. The van der Waals surface area contributed by atoms with Crippen molar-refractivity contribution < 1.29 is 4.79 Å². The van der Waals surface area contributed by atoms with E-state index < -0.39 is 0 Å². The summed E-state index contributed by atoms with van der Waals surface area (Å²) in [5.41, 5.74) is 14.2. The first kappa shape index (κ1) is 21.1. The lowest BCUT2D eigenvalue weighted by molar-refractivity contribution is -0.109. The Hall–Kier alpha value is -3.18. The third kappa shape index (κ3) is 4.94. The molecule has 2 aromatic carbocycles. The number of rotatable bonds is 7. The molecule has 1 fully saturated rings. The van der Waals surface area contributed by atoms with Gasteiger partial charge in [-0.15, -0.1) is 0 Å². The van der Waals surface area contributed by atoms with Crippen LogP contribution in [0.15, 0.2) is 54.7 Å². The zero-order valence-corrected chi connectivity index (χ0v) is 18.0. The maximum atomic E-state index is 10.6. The Morgan fingerprint density at radius 1 is 1.10 bits per heavy atom. The third-order valence-electron chi connectivity index (χ3n) is 6.16. The number of aromatic nitrogens is 1. The third-order valence-corrected chi connectivity index (χ3v) is 6.16. The van der Waals surface area contributed by atoms with Gasteiger partial charge in [0.2, 0.25) is 6.41 Å². The van der Waals surface area contributed by atoms with E-state index in [0.717, 1.165) is 41.6 Å². The maximum absolute atomic E-state index is 10.6. The van der Waals surface area contributed by atoms with Crippen molar-refractivity contribution in [3.8, 4) is 22.3 Å². The highest BCUT2D eigenvalue weighted by molar-refractivity contribution is 5.79. The first-order chi connectivity index (χ1) is 15.2. The summed E-state index contributed by atoms with van der Waals surface area (Å²) in [6.45, 7) is 3.80. The largest absolute Gasteiger partial charge is 0.383 e. The fourth-order valence-corrected chi connectivity index (χ4v) is 4.28. The first-order valence-corrected chi connectivity index (χ1v) is 11.0. The van der Waals surface area contributed by atoms with Gasteiger partial charge in [0.25, 0.3) is 0 Å². The Morgan fingerprint density at radius 2 is 1.90 bits per heavy atom. The van der Waals surface area contributed by atoms with E-state index in [1.165, 1.54) is 36.0 Å². The van der Waals surface area contributed by atoms with Gasteiger partial charge in [0, 0.05) is 29.9 Å². The fourth-order valence-electron chi connectivity index (χ4n) is 4.28. The van der Waals surface area contributed by atoms with Gasteiger partial charge in [0.05, 0.1) is 0 Å². The zero-order chi connectivity index (χ0) is 21.6. The molecule has 0 spiro atoms. The average Bonchev–Trinajstić information content (AvgIpc) is 2.82. The minimum Gasteiger partial charge on any atom is -0.383 e. The lowest BCUT2D eigenvalue weighted by atomic mass is 9.94. The molecule has 1 aliphatic rings. The smallest absolute Gasteiger partial charge is 0.207 e. The SMILES string of the molecule is Cc1ccc(-c2cc(-c3ccc(C4CCCCN4)cc3)cnc2N)cc1CCNC=O. The van der Waals surface area contributed by atoms with Gasteiger partial charge in [-0.2, -0.15) is 0 Å². The predicted molar refractivity (Wildman–Crippen MR) is 127 cm³/mol. The van der Waals surface area contributed by atoms with Gasteiger partial charge in [-0.3, -0.25) is 4.79 Å². The first-order valence-electron chi connectivity index (χ1n) is 11.0. The Labute approximate surface area is 184 Å². The number of pyridine rings is 1. The lowest BCUT2D eigenvalue weighted by Crippen LogP contribution is -2.26. The summed E-state index contributed by atoms with van der Waals surface area (Å²) in [4.78, 5) is 15.0. The predicted octanol–water partition coefficient (Wildman–Crippen LogP) is 4.41. The number of aryl methyl sites for hydroxylation is 1. The second kappa shape index (κ2) is 9.75. The minimum absolute atomic E-state index is 0.461. The van der Waals surface area contributed by atoms with E-state index in [2.05, 4.69) is 71.1 Å². The van der Waals surface area contributed by atoms with Crippen LogP contribution in [0.2, 0.25) is 0 Å². The topological polar surface area (TPSA) is 80.0 Å². The Balaban J connectivity index is 1.60. The molecule has 31 heavy (non-hydrogen) atoms. The molecular formula is C26H30N4O. The number of nitrogens with one attached hydrogen (secondary N) is 2. The van der Waals surface area contributed by atoms with E-state index in [9.17, 15) is 4.79 Å². The molecule has 5 heteroatoms. The van der Waals surface area contributed by atoms with E-state index in [4.69, 9.17) is 5.73 Å². The van der Waals surface area contributed by atoms with Crippen molar-refractivity contribution in [2.75, 3.05) is 18.8 Å². The van der Waals surface area contributed by atoms with Crippen LogP contribution in [0.1, 0.15) is 42.0 Å². The molecule has 0 radical (unpaired) electrons. The van der Waals surface area contributed by atoms with Gasteiger partial charge in [-0.05, 0) is 66.6 Å². The van der Waals surface area contributed by atoms with Crippen molar-refractivity contribution >= 4 is 12.2 Å². The number of hydrogen-bond acceptors (Lipinski definition) is 4. The highest BCUT2D eigenvalue weighted by Crippen LogP contribution is 2.32. The highest BCUT2D eigenvalue weighted by atomic mass is 16.1. The average molecular weight is 415 g/mol. The maximum Gasteiger partial charge on any atom is 0.207 e. The Morgan fingerprint density at radius 3 is 2.65 bits per heavy atom. The van der Waals surface area contributed by atoms with Gasteiger partial charge in [0.1, 0.15) is 5.82 Å². The molecular weight excluding hydrogens is 384 g/mol. The molecule has 2 heterocycles. The van der Waals surface area contributed by atoms with Crippen LogP contribution in [0.25, 0.3) is 22.3 Å². The number of anilines is 1. The second-order valence-corrected chi connectivity index (χ2v) is 8.24. The van der Waals surface area contributed by atoms with Gasteiger partial charge in [-0.25, -0.2) is 4.98 Å². The molecule has 1 aromatic heterocycles. The van der Waals surface area contributed by atoms with Crippen LogP contribution in [0, 0.1) is 6.92 Å². The number of benzene rings is 2. The van der Waals surface area contributed by atoms with Gasteiger partial charge in [-0.1, -0.05) is 48.9 Å². The molecule has 1 atom stereocenters. The van der Waals surface area contributed by atoms with Gasteiger partial charge < -0.3 is 16.4 Å². The number of piperidine rings is 1. The van der Waals surface area contributed by atoms with Crippen LogP contribution < -0.4 is 16.4 Å². The molecule has 5 nitrogen and oxygen atoms in total. The van der Waals surface area contributed by atoms with Crippen molar-refractivity contribution in [2.45, 2.75) is 38.6 Å². The van der Waals surface area contributed by atoms with Crippen LogP contribution in [0.4, 0.5) is 5.82 Å².